The van der Waals surface area contributed by atoms with Gasteiger partial charge >= 0.3 is 5.97 Å². The molecule has 1 aromatic carbocycles. The molecule has 0 aliphatic carbocycles. The molecule has 1 heterocycles. The number of sulfonamides is 1. The van der Waals surface area contributed by atoms with E-state index in [0.29, 0.717) is 32.5 Å². The fourth-order valence-electron chi connectivity index (χ4n) is 3.38. The first-order valence-corrected chi connectivity index (χ1v) is 11.0. The monoisotopic (exact) mass is 434 g/mol. The molecule has 1 saturated heterocycles. The average molecular weight is 435 g/mol. The van der Waals surface area contributed by atoms with Gasteiger partial charge in [-0.25, -0.2) is 12.7 Å². The third-order valence-corrected chi connectivity index (χ3v) is 6.63. The highest BCUT2D eigenvalue weighted by molar-refractivity contribution is 7.89. The maximum Gasteiger partial charge on any atom is 0.317 e. The second kappa shape index (κ2) is 11.0. The normalized spacial score (nSPS) is 16.2. The van der Waals surface area contributed by atoms with Gasteiger partial charge in [-0.05, 0) is 39.7 Å². The SMILES string of the molecule is CCS(=O)(=O)N1CCC(N(CC(=O)O)Cc2ccccc2OC(C)C)CC1.Cl. The van der Waals surface area contributed by atoms with Gasteiger partial charge in [0.1, 0.15) is 5.75 Å². The fraction of sp³-hybridized carbons (Fsp3) is 0.632. The van der Waals surface area contributed by atoms with Gasteiger partial charge in [0.2, 0.25) is 10.0 Å². The van der Waals surface area contributed by atoms with E-state index in [2.05, 4.69) is 0 Å². The highest BCUT2D eigenvalue weighted by atomic mass is 35.5. The van der Waals surface area contributed by atoms with Gasteiger partial charge < -0.3 is 9.84 Å². The third-order valence-electron chi connectivity index (χ3n) is 4.75. The molecule has 0 saturated carbocycles. The molecule has 9 heteroatoms. The van der Waals surface area contributed by atoms with Gasteiger partial charge in [-0.15, -0.1) is 12.4 Å². The van der Waals surface area contributed by atoms with Crippen molar-refractivity contribution in [1.82, 2.24) is 9.21 Å². The number of para-hydroxylation sites is 1. The molecule has 2 rings (SSSR count). The van der Waals surface area contributed by atoms with Crippen LogP contribution in [0.2, 0.25) is 0 Å². The van der Waals surface area contributed by atoms with Gasteiger partial charge in [0, 0.05) is 31.2 Å². The van der Waals surface area contributed by atoms with Crippen LogP contribution in [-0.4, -0.2) is 66.2 Å². The first-order chi connectivity index (χ1) is 12.7. The van der Waals surface area contributed by atoms with Crippen molar-refractivity contribution in [2.75, 3.05) is 25.4 Å². The Labute approximate surface area is 174 Å². The van der Waals surface area contributed by atoms with E-state index >= 15 is 0 Å². The minimum Gasteiger partial charge on any atom is -0.491 e. The van der Waals surface area contributed by atoms with Crippen molar-refractivity contribution in [3.8, 4) is 5.75 Å². The summed E-state index contributed by atoms with van der Waals surface area (Å²) < 4.78 is 31.5. The maximum absolute atomic E-state index is 12.0. The zero-order valence-electron chi connectivity index (χ0n) is 16.7. The number of piperidine rings is 1. The predicted molar refractivity (Wildman–Crippen MR) is 112 cm³/mol. The van der Waals surface area contributed by atoms with Crippen molar-refractivity contribution in [1.29, 1.82) is 0 Å². The van der Waals surface area contributed by atoms with E-state index in [0.717, 1.165) is 11.3 Å². The molecule has 160 valence electrons. The van der Waals surface area contributed by atoms with Gasteiger partial charge in [-0.3, -0.25) is 9.69 Å². The standard InChI is InChI=1S/C19H30N2O5S.ClH/c1-4-27(24,25)21-11-9-17(10-12-21)20(14-19(22)23)13-16-7-5-6-8-18(16)26-15(2)3;/h5-8,15,17H,4,9-14H2,1-3H3,(H,22,23);1H. The number of hydrogen-bond donors (Lipinski definition) is 1. The van der Waals surface area contributed by atoms with Crippen molar-refractivity contribution < 1.29 is 23.1 Å². The Balaban J connectivity index is 0.00000392. The highest BCUT2D eigenvalue weighted by Crippen LogP contribution is 2.25. The number of carboxylic acid groups (broad SMARTS) is 1. The van der Waals surface area contributed by atoms with E-state index in [1.807, 2.05) is 43.0 Å². The number of ether oxygens (including phenoxy) is 1. The molecule has 0 spiro atoms. The summed E-state index contributed by atoms with van der Waals surface area (Å²) in [6, 6.07) is 7.68. The van der Waals surface area contributed by atoms with Crippen LogP contribution in [0.1, 0.15) is 39.2 Å². The largest absolute Gasteiger partial charge is 0.491 e. The molecule has 0 bridgehead atoms. The molecule has 0 aromatic heterocycles. The van der Waals surface area contributed by atoms with E-state index in [-0.39, 0.29) is 36.9 Å². The summed E-state index contributed by atoms with van der Waals surface area (Å²) in [6.45, 7) is 6.79. The van der Waals surface area contributed by atoms with E-state index in [4.69, 9.17) is 4.74 Å². The van der Waals surface area contributed by atoms with E-state index in [1.54, 1.807) is 6.92 Å². The Hall–Kier alpha value is -1.35. The predicted octanol–water partition coefficient (Wildman–Crippen LogP) is 2.60. The summed E-state index contributed by atoms with van der Waals surface area (Å²) in [5.74, 6) is -0.0362. The summed E-state index contributed by atoms with van der Waals surface area (Å²) in [4.78, 5) is 13.3. The van der Waals surface area contributed by atoms with Crippen LogP contribution in [0.5, 0.6) is 5.75 Å². The second-order valence-corrected chi connectivity index (χ2v) is 9.36. The lowest BCUT2D eigenvalue weighted by molar-refractivity contribution is -0.139. The van der Waals surface area contributed by atoms with Gasteiger partial charge in [0.05, 0.1) is 18.4 Å². The van der Waals surface area contributed by atoms with E-state index in [9.17, 15) is 18.3 Å². The van der Waals surface area contributed by atoms with E-state index < -0.39 is 16.0 Å². The van der Waals surface area contributed by atoms with E-state index in [1.165, 1.54) is 4.31 Å². The topological polar surface area (TPSA) is 87.2 Å². The minimum absolute atomic E-state index is 0. The molecule has 0 amide bonds. The number of benzene rings is 1. The number of rotatable bonds is 9. The van der Waals surface area contributed by atoms with Crippen LogP contribution in [0.25, 0.3) is 0 Å². The molecule has 1 aliphatic rings. The second-order valence-electron chi connectivity index (χ2n) is 7.10. The molecule has 1 aromatic rings. The number of carboxylic acids is 1. The quantitative estimate of drug-likeness (QED) is 0.642. The highest BCUT2D eigenvalue weighted by Gasteiger charge is 2.30. The van der Waals surface area contributed by atoms with Crippen LogP contribution in [-0.2, 0) is 21.4 Å². The molecule has 0 radical (unpaired) electrons. The summed E-state index contributed by atoms with van der Waals surface area (Å²) in [5, 5.41) is 9.35. The van der Waals surface area contributed by atoms with Gasteiger partial charge in [-0.1, -0.05) is 18.2 Å². The molecule has 1 aliphatic heterocycles. The maximum atomic E-state index is 12.0. The molecule has 0 atom stereocenters. The summed E-state index contributed by atoms with van der Waals surface area (Å²) >= 11 is 0. The zero-order chi connectivity index (χ0) is 20.0. The molecule has 28 heavy (non-hydrogen) atoms. The van der Waals surface area contributed by atoms with Crippen molar-refractivity contribution in [3.63, 3.8) is 0 Å². The lowest BCUT2D eigenvalue weighted by atomic mass is 10.0. The van der Waals surface area contributed by atoms with Gasteiger partial charge in [0.15, 0.2) is 0 Å². The van der Waals surface area contributed by atoms with Crippen LogP contribution in [0.15, 0.2) is 24.3 Å². The van der Waals surface area contributed by atoms with Gasteiger partial charge in [-0.2, -0.15) is 0 Å². The molecule has 0 unspecified atom stereocenters. The number of nitrogens with zero attached hydrogens (tertiary/aromatic N) is 2. The van der Waals surface area contributed by atoms with Crippen LogP contribution < -0.4 is 4.74 Å². The lowest BCUT2D eigenvalue weighted by Crippen LogP contribution is -2.48. The third kappa shape index (κ3) is 6.92. The fourth-order valence-corrected chi connectivity index (χ4v) is 4.51. The average Bonchev–Trinajstić information content (AvgIpc) is 2.62. The Morgan fingerprint density at radius 3 is 2.43 bits per heavy atom. The van der Waals surface area contributed by atoms with Crippen molar-refractivity contribution in [2.45, 2.75) is 52.3 Å². The zero-order valence-corrected chi connectivity index (χ0v) is 18.3. The Kier molecular flexibility index (Phi) is 9.69. The Morgan fingerprint density at radius 2 is 1.89 bits per heavy atom. The number of carbonyl (C=O) groups is 1. The van der Waals surface area contributed by atoms with Crippen LogP contribution >= 0.6 is 12.4 Å². The van der Waals surface area contributed by atoms with Crippen LogP contribution in [0.3, 0.4) is 0 Å². The Morgan fingerprint density at radius 1 is 1.29 bits per heavy atom. The van der Waals surface area contributed by atoms with Gasteiger partial charge in [0.25, 0.3) is 0 Å². The smallest absolute Gasteiger partial charge is 0.317 e. The lowest BCUT2D eigenvalue weighted by Gasteiger charge is -2.37. The number of hydrogen-bond acceptors (Lipinski definition) is 5. The van der Waals surface area contributed by atoms with Crippen LogP contribution in [0.4, 0.5) is 0 Å². The number of aliphatic carboxylic acids is 1. The van der Waals surface area contributed by atoms with Crippen LogP contribution in [0, 0.1) is 0 Å². The molecule has 1 N–H and O–H groups in total. The molecule has 1 fully saturated rings. The first kappa shape index (κ1) is 24.7. The summed E-state index contributed by atoms with van der Waals surface area (Å²) in [5.41, 5.74) is 0.941. The number of halogens is 1. The molecule has 7 nitrogen and oxygen atoms in total. The summed E-state index contributed by atoms with van der Waals surface area (Å²) in [6.07, 6.45) is 1.28. The first-order valence-electron chi connectivity index (χ1n) is 9.41. The molecular weight excluding hydrogens is 404 g/mol. The molecular formula is C19H31ClN2O5S. The summed E-state index contributed by atoms with van der Waals surface area (Å²) in [7, 11) is -3.19. The van der Waals surface area contributed by atoms with Crippen molar-refractivity contribution in [3.05, 3.63) is 29.8 Å². The van der Waals surface area contributed by atoms with Crippen molar-refractivity contribution in [2.24, 2.45) is 0 Å². The van der Waals surface area contributed by atoms with Crippen molar-refractivity contribution >= 4 is 28.4 Å². The minimum atomic E-state index is -3.19. The Bertz CT molecular complexity index is 734.